The van der Waals surface area contributed by atoms with Gasteiger partial charge in [-0.15, -0.1) is 0 Å². The molecule has 0 aromatic heterocycles. The molecule has 2 rings (SSSR count). The van der Waals surface area contributed by atoms with Gasteiger partial charge in [-0.25, -0.2) is 4.90 Å². The lowest BCUT2D eigenvalue weighted by atomic mass is 10.1. The molecule has 4 nitrogen and oxygen atoms in total. The Morgan fingerprint density at radius 3 is 2.41 bits per heavy atom. The van der Waals surface area contributed by atoms with Crippen LogP contribution in [0.3, 0.4) is 0 Å². The molecule has 2 amide bonds. The van der Waals surface area contributed by atoms with Crippen LogP contribution in [0, 0.1) is 6.92 Å². The van der Waals surface area contributed by atoms with Crippen molar-refractivity contribution in [2.75, 3.05) is 4.90 Å². The van der Waals surface area contributed by atoms with E-state index >= 15 is 0 Å². The molecule has 1 aromatic rings. The molecule has 0 aliphatic carbocycles. The van der Waals surface area contributed by atoms with Crippen LogP contribution in [0.4, 0.5) is 5.69 Å². The zero-order valence-electron chi connectivity index (χ0n) is 9.40. The lowest BCUT2D eigenvalue weighted by Gasteiger charge is -2.19. The average Bonchev–Trinajstić information content (AvgIpc) is 2.57. The number of carbonyl (C=O) groups excluding carboxylic acids is 2. The molecule has 5 heteroatoms. The van der Waals surface area contributed by atoms with E-state index in [1.165, 1.54) is 4.90 Å². The summed E-state index contributed by atoms with van der Waals surface area (Å²) in [4.78, 5) is 24.8. The van der Waals surface area contributed by atoms with E-state index in [2.05, 4.69) is 0 Å². The number of nitrogens with zero attached hydrogens (tertiary/aromatic N) is 1. The first-order chi connectivity index (χ1) is 8.02. The largest absolute Gasteiger partial charge is 0.389 e. The van der Waals surface area contributed by atoms with Crippen molar-refractivity contribution in [1.29, 1.82) is 0 Å². The van der Waals surface area contributed by atoms with Crippen molar-refractivity contribution in [3.63, 3.8) is 0 Å². The van der Waals surface area contributed by atoms with E-state index in [1.54, 1.807) is 12.1 Å². The second-order valence-corrected chi connectivity index (χ2v) is 4.40. The Morgan fingerprint density at radius 1 is 1.29 bits per heavy atom. The molecule has 88 valence electrons. The Bertz CT molecular complexity index is 509. The van der Waals surface area contributed by atoms with Crippen LogP contribution in [-0.2, 0) is 9.59 Å². The zero-order chi connectivity index (χ0) is 12.6. The van der Waals surface area contributed by atoms with Gasteiger partial charge in [0.05, 0.1) is 5.69 Å². The van der Waals surface area contributed by atoms with E-state index in [1.807, 2.05) is 13.0 Å². The predicted molar refractivity (Wildman–Crippen MR) is 68.8 cm³/mol. The third-order valence-electron chi connectivity index (χ3n) is 2.79. The molecule has 17 heavy (non-hydrogen) atoms. The fraction of sp³-hybridized carbons (Fsp3) is 0.250. The van der Waals surface area contributed by atoms with Crippen LogP contribution in [0.15, 0.2) is 18.2 Å². The Kier molecular flexibility index (Phi) is 2.93. The summed E-state index contributed by atoms with van der Waals surface area (Å²) in [6, 6.07) is 5.33. The van der Waals surface area contributed by atoms with Gasteiger partial charge in [-0.3, -0.25) is 9.59 Å². The van der Waals surface area contributed by atoms with Gasteiger partial charge in [0.15, 0.2) is 0 Å². The molecule has 1 fully saturated rings. The van der Waals surface area contributed by atoms with Crippen molar-refractivity contribution in [3.8, 4) is 0 Å². The number of rotatable bonds is 2. The van der Waals surface area contributed by atoms with Crippen molar-refractivity contribution in [1.82, 2.24) is 0 Å². The van der Waals surface area contributed by atoms with Gasteiger partial charge < -0.3 is 5.73 Å². The standard InChI is InChI=1S/C12H12N2O2S/c1-7-3-2-4-8(11(7)12(13)17)14-9(15)5-6-10(14)16/h2-4H,5-6H2,1H3,(H2,13,17). The zero-order valence-corrected chi connectivity index (χ0v) is 10.2. The molecule has 2 N–H and O–H groups in total. The maximum atomic E-state index is 11.7. The second kappa shape index (κ2) is 4.25. The van der Waals surface area contributed by atoms with Crippen molar-refractivity contribution in [2.24, 2.45) is 5.73 Å². The molecule has 1 saturated heterocycles. The molecule has 0 unspecified atom stereocenters. The number of hydrogen-bond donors (Lipinski definition) is 1. The summed E-state index contributed by atoms with van der Waals surface area (Å²) < 4.78 is 0. The van der Waals surface area contributed by atoms with Crippen molar-refractivity contribution < 1.29 is 9.59 Å². The fourth-order valence-electron chi connectivity index (χ4n) is 2.00. The first-order valence-corrected chi connectivity index (χ1v) is 5.68. The minimum atomic E-state index is -0.196. The number of amides is 2. The highest BCUT2D eigenvalue weighted by atomic mass is 32.1. The Labute approximate surface area is 104 Å². The number of anilines is 1. The van der Waals surface area contributed by atoms with E-state index in [-0.39, 0.29) is 29.6 Å². The minimum Gasteiger partial charge on any atom is -0.389 e. The Balaban J connectivity index is 2.59. The van der Waals surface area contributed by atoms with Crippen molar-refractivity contribution in [2.45, 2.75) is 19.8 Å². The molecule has 1 aromatic carbocycles. The predicted octanol–water partition coefficient (Wildman–Crippen LogP) is 1.28. The van der Waals surface area contributed by atoms with Gasteiger partial charge in [-0.05, 0) is 18.6 Å². The summed E-state index contributed by atoms with van der Waals surface area (Å²) in [5.41, 5.74) is 7.63. The third kappa shape index (κ3) is 1.93. The van der Waals surface area contributed by atoms with Crippen LogP contribution in [0.5, 0.6) is 0 Å². The highest BCUT2D eigenvalue weighted by Crippen LogP contribution is 2.28. The SMILES string of the molecule is Cc1cccc(N2C(=O)CCC2=O)c1C(N)=S. The van der Waals surface area contributed by atoms with Gasteiger partial charge in [-0.1, -0.05) is 24.4 Å². The van der Waals surface area contributed by atoms with Crippen molar-refractivity contribution >= 4 is 34.7 Å². The Hall–Kier alpha value is -1.75. The van der Waals surface area contributed by atoms with Gasteiger partial charge in [0.2, 0.25) is 11.8 Å². The van der Waals surface area contributed by atoms with Crippen LogP contribution >= 0.6 is 12.2 Å². The van der Waals surface area contributed by atoms with Crippen molar-refractivity contribution in [3.05, 3.63) is 29.3 Å². The number of thiocarbonyl (C=S) groups is 1. The molecular formula is C12H12N2O2S. The molecule has 0 radical (unpaired) electrons. The van der Waals surface area contributed by atoms with Crippen LogP contribution in [0.25, 0.3) is 0 Å². The second-order valence-electron chi connectivity index (χ2n) is 3.96. The quantitative estimate of drug-likeness (QED) is 0.632. The lowest BCUT2D eigenvalue weighted by Crippen LogP contribution is -2.31. The van der Waals surface area contributed by atoms with E-state index in [0.29, 0.717) is 11.3 Å². The fourth-order valence-corrected chi connectivity index (χ4v) is 2.27. The van der Waals surface area contributed by atoms with Gasteiger partial charge in [0.1, 0.15) is 4.99 Å². The molecular weight excluding hydrogens is 236 g/mol. The smallest absolute Gasteiger partial charge is 0.234 e. The van der Waals surface area contributed by atoms with E-state index in [9.17, 15) is 9.59 Å². The van der Waals surface area contributed by atoms with Gasteiger partial charge >= 0.3 is 0 Å². The van der Waals surface area contributed by atoms with Crippen LogP contribution in [-0.4, -0.2) is 16.8 Å². The molecule has 0 spiro atoms. The summed E-state index contributed by atoms with van der Waals surface area (Å²) in [5, 5.41) is 0. The van der Waals surface area contributed by atoms with Gasteiger partial charge in [0, 0.05) is 18.4 Å². The molecule has 0 bridgehead atoms. The maximum absolute atomic E-state index is 11.7. The van der Waals surface area contributed by atoms with E-state index in [0.717, 1.165) is 5.56 Å². The van der Waals surface area contributed by atoms with Crippen LogP contribution < -0.4 is 10.6 Å². The topological polar surface area (TPSA) is 63.4 Å². The van der Waals surface area contributed by atoms with E-state index < -0.39 is 0 Å². The monoisotopic (exact) mass is 248 g/mol. The summed E-state index contributed by atoms with van der Waals surface area (Å²) in [6.07, 6.45) is 0.507. The van der Waals surface area contributed by atoms with Crippen LogP contribution in [0.2, 0.25) is 0 Å². The van der Waals surface area contributed by atoms with Gasteiger partial charge in [0.25, 0.3) is 0 Å². The molecule has 0 saturated carbocycles. The number of benzene rings is 1. The maximum Gasteiger partial charge on any atom is 0.234 e. The molecule has 1 aliphatic rings. The first-order valence-electron chi connectivity index (χ1n) is 5.27. The summed E-state index contributed by atoms with van der Waals surface area (Å²) in [7, 11) is 0. The summed E-state index contributed by atoms with van der Waals surface area (Å²) >= 11 is 4.98. The first kappa shape index (κ1) is 11.7. The lowest BCUT2D eigenvalue weighted by molar-refractivity contribution is -0.121. The molecule has 0 atom stereocenters. The normalized spacial score (nSPS) is 15.5. The van der Waals surface area contributed by atoms with E-state index in [4.69, 9.17) is 18.0 Å². The molecule has 1 aliphatic heterocycles. The highest BCUT2D eigenvalue weighted by Gasteiger charge is 2.32. The number of imide groups is 1. The number of nitrogens with two attached hydrogens (primary N) is 1. The van der Waals surface area contributed by atoms with Crippen LogP contribution in [0.1, 0.15) is 24.0 Å². The number of aryl methyl sites for hydroxylation is 1. The summed E-state index contributed by atoms with van der Waals surface area (Å²) in [6.45, 7) is 1.85. The Morgan fingerprint density at radius 2 is 1.88 bits per heavy atom. The third-order valence-corrected chi connectivity index (χ3v) is 2.99. The molecule has 1 heterocycles. The number of hydrogen-bond acceptors (Lipinski definition) is 3. The summed E-state index contributed by atoms with van der Waals surface area (Å²) in [5.74, 6) is -0.392. The minimum absolute atomic E-state index is 0.196. The number of carbonyl (C=O) groups is 2. The average molecular weight is 248 g/mol. The highest BCUT2D eigenvalue weighted by molar-refractivity contribution is 7.80. The van der Waals surface area contributed by atoms with Gasteiger partial charge in [-0.2, -0.15) is 0 Å².